The number of halogens is 19. The third-order valence-electron chi connectivity index (χ3n) is 22.5. The Morgan fingerprint density at radius 1 is 0.376 bits per heavy atom. The molecule has 5 aliphatic heterocycles. The van der Waals surface area contributed by atoms with E-state index in [4.69, 9.17) is 77.2 Å². The summed E-state index contributed by atoms with van der Waals surface area (Å²) >= 11 is 6.29. The van der Waals surface area contributed by atoms with Crippen LogP contribution >= 0.6 is 31.9 Å². The summed E-state index contributed by atoms with van der Waals surface area (Å²) < 4.78 is 223. The van der Waals surface area contributed by atoms with E-state index in [0.29, 0.717) is 114 Å². The van der Waals surface area contributed by atoms with Crippen molar-refractivity contribution < 1.29 is 124 Å². The van der Waals surface area contributed by atoms with Crippen LogP contribution in [0.1, 0.15) is 90.2 Å². The van der Waals surface area contributed by atoms with E-state index in [2.05, 4.69) is 91.2 Å². The van der Waals surface area contributed by atoms with E-state index < -0.39 is 169 Å². The zero-order chi connectivity index (χ0) is 110. The molecule has 0 spiro atoms. The number of carbonyl (C=O) groups excluding carboxylic acids is 4. The molecule has 0 unspecified atom stereocenters. The highest BCUT2D eigenvalue weighted by atomic mass is 79.9. The fraction of sp³-hybridized carbons (Fsp3) is 0.261. The second-order valence-corrected chi connectivity index (χ2v) is 35.0. The van der Waals surface area contributed by atoms with Crippen LogP contribution in [0.3, 0.4) is 0 Å². The largest absolute Gasteiger partial charge is 0.478 e. The Morgan fingerprint density at radius 2 is 0.591 bits per heavy atom. The van der Waals surface area contributed by atoms with Gasteiger partial charge >= 0.3 is 30.7 Å². The monoisotopic (exact) mass is 2180 g/mol. The maximum atomic E-state index is 14.3. The molecule has 9 N–H and O–H groups in total. The Bertz CT molecular complexity index is 6080. The SMILES string of the molecule is C=CC.C=Cc1cnc(N2CC=C(C(=O)Nc3ccc(C(F)(F)F)cc3)CC2)c(F)c1.O=C(Nc1ccc(C(F)(F)F)cc1)C1=CCN(c2ncc(Br)cc2F)CC1.O=C(Nc1ccc(C(F)(F)F)cc1)C1=CCN(c2ncc([C@@H](O)CO)cc2F)CC1.O=C(Nc1ccc(C(F)(F)F)cc1)C1=CCN(c2ncc([C@H](O)CO)cc2F)CC1.O=C(O)C1=CCN(c2ncc(Br)cc2F)CC1.[B]B([B])B(B([B])[B])B(B([B])[B])B([B])[B]. The molecule has 10 heterocycles. The van der Waals surface area contributed by atoms with Gasteiger partial charge in [-0.1, -0.05) is 49.1 Å². The second kappa shape index (κ2) is 56.5. The lowest BCUT2D eigenvalue weighted by atomic mass is 8.47. The molecular weight excluding hydrogens is 2100 g/mol. The van der Waals surface area contributed by atoms with Crippen molar-refractivity contribution in [2.24, 2.45) is 0 Å². The van der Waals surface area contributed by atoms with E-state index in [1.54, 1.807) is 61.0 Å². The van der Waals surface area contributed by atoms with Crippen LogP contribution in [0.25, 0.3) is 6.08 Å². The summed E-state index contributed by atoms with van der Waals surface area (Å²) in [6.45, 7) is 11.0. The molecule has 149 heavy (non-hydrogen) atoms. The first-order valence-electron chi connectivity index (χ1n) is 45.0. The van der Waals surface area contributed by atoms with E-state index >= 15 is 0 Å². The smallest absolute Gasteiger partial charge is 0.416 e. The van der Waals surface area contributed by atoms with E-state index in [1.807, 2.05) is 6.92 Å². The number of hydrogen-bond acceptors (Lipinski definition) is 19. The molecule has 5 aliphatic rings. The predicted octanol–water partition coefficient (Wildman–Crippen LogP) is 13.6. The van der Waals surface area contributed by atoms with Crippen molar-refractivity contribution in [3.8, 4) is 0 Å². The van der Waals surface area contributed by atoms with E-state index in [0.717, 1.165) is 60.7 Å². The van der Waals surface area contributed by atoms with Crippen molar-refractivity contribution in [3.63, 3.8) is 0 Å². The number of allylic oxidation sites excluding steroid dienone is 1. The Labute approximate surface area is 876 Å². The predicted molar refractivity (Wildman–Crippen MR) is 559 cm³/mol. The summed E-state index contributed by atoms with van der Waals surface area (Å²) in [5.41, 5.74) is 0.943. The minimum atomic E-state index is -4.45. The van der Waals surface area contributed by atoms with E-state index in [1.165, 1.54) is 104 Å². The topological polar surface area (TPSA) is 315 Å². The molecule has 16 radical (unpaired) electrons. The minimum Gasteiger partial charge on any atom is -0.478 e. The van der Waals surface area contributed by atoms with Gasteiger partial charge in [-0.2, -0.15) is 52.7 Å². The number of aliphatic hydroxyl groups is 4. The molecule has 57 heteroatoms. The van der Waals surface area contributed by atoms with Crippen LogP contribution in [-0.4, -0.2) is 259 Å². The number of nitrogens with zero attached hydrogens (tertiary/aromatic N) is 10. The average Bonchev–Trinajstić information content (AvgIpc) is 0.830. The normalized spacial score (nSPS) is 14.3. The highest BCUT2D eigenvalue weighted by molar-refractivity contribution is 9.10. The lowest BCUT2D eigenvalue weighted by Crippen LogP contribution is -2.72. The lowest BCUT2D eigenvalue weighted by Gasteiger charge is -2.34. The van der Waals surface area contributed by atoms with Crippen molar-refractivity contribution in [1.29, 1.82) is 0 Å². The molecule has 2 atom stereocenters. The van der Waals surface area contributed by atoms with Gasteiger partial charge in [0.25, 0.3) is 23.6 Å². The summed E-state index contributed by atoms with van der Waals surface area (Å²) in [5.74, 6) is -4.46. The highest BCUT2D eigenvalue weighted by Gasteiger charge is 2.38. The van der Waals surface area contributed by atoms with Gasteiger partial charge in [-0.15, -0.1) is 6.58 Å². The maximum absolute atomic E-state index is 14.3. The Balaban J connectivity index is 0.000000220. The number of carboxylic acid groups (broad SMARTS) is 1. The van der Waals surface area contributed by atoms with Crippen molar-refractivity contribution in [2.45, 2.75) is 75.9 Å². The van der Waals surface area contributed by atoms with Crippen LogP contribution in [0.5, 0.6) is 0 Å². The number of carbonyl (C=O) groups is 5. The van der Waals surface area contributed by atoms with E-state index in [9.17, 15) is 109 Å². The summed E-state index contributed by atoms with van der Waals surface area (Å²) in [5, 5.41) is 56.0. The van der Waals surface area contributed by atoms with Crippen LogP contribution in [0.4, 0.5) is 126 Å². The van der Waals surface area contributed by atoms with Gasteiger partial charge in [-0.3, -0.25) is 19.2 Å². The zero-order valence-corrected chi connectivity index (χ0v) is 82.3. The number of benzene rings is 4. The molecule has 4 amide bonds. The van der Waals surface area contributed by atoms with Gasteiger partial charge in [0.05, 0.1) is 35.5 Å². The molecule has 14 rings (SSSR count). The van der Waals surface area contributed by atoms with Crippen LogP contribution in [-0.2, 0) is 48.7 Å². The van der Waals surface area contributed by atoms with Crippen molar-refractivity contribution in [2.75, 3.05) is 124 Å². The number of amides is 4. The summed E-state index contributed by atoms with van der Waals surface area (Å²) in [6, 6.07) is 22.9. The Kier molecular flexibility index (Phi) is 46.2. The molecule has 4 aromatic carbocycles. The number of alkyl halides is 12. The van der Waals surface area contributed by atoms with Gasteiger partial charge in [-0.05, 0) is 204 Å². The lowest BCUT2D eigenvalue weighted by molar-refractivity contribution is -0.138. The number of pyridine rings is 5. The average molecular weight is 2180 g/mol. The molecule has 0 bridgehead atoms. The maximum Gasteiger partial charge on any atom is 0.416 e. The van der Waals surface area contributed by atoms with Crippen molar-refractivity contribution in [1.82, 2.24) is 24.9 Å². The number of aromatic nitrogens is 5. The van der Waals surface area contributed by atoms with Crippen LogP contribution in [0, 0.1) is 29.1 Å². The highest BCUT2D eigenvalue weighted by Crippen LogP contribution is 2.37. The first-order valence-corrected chi connectivity index (χ1v) is 46.5. The fourth-order valence-electron chi connectivity index (χ4n) is 14.7. The first kappa shape index (κ1) is 122. The molecule has 9 aromatic rings. The minimum absolute atomic E-state index is 0.0577. The van der Waals surface area contributed by atoms with Gasteiger partial charge in [-0.25, -0.2) is 51.7 Å². The number of anilines is 9. The number of aliphatic carboxylic acids is 1. The number of rotatable bonds is 24. The Hall–Kier alpha value is -12.3. The standard InChI is InChI=1S/2C20H19F4N3O3.C20H17F4N3O.C18H14BrF4N3O.C11H10BrFN2O2.C3H6.B14/c2*21-16-9-13(17(29)11-28)10-25-18(16)27-7-5-12(6-8-27)19(30)26-15-3-1-14(2-4-15)20(22,23)24;1-2-13-11-17(21)18(25-12-13)27-9-7-14(8-10-27)19(28)26-16-5-3-15(4-6-16)20(22,23)24;19-13-9-15(20)16(24-10-13)26-7-5-11(6-8-26)17(27)25-14-3-1-12(2-4-14)18(21,22)23;12-8-5-9(13)10(14-6-8)15-3-1-7(2-4-15)11(16)17;1-3-2;1-9(2)13(10(3)4)14(11(5)6)12(7)8/h2*1-5,9-10,17,28-29H,6-8,11H2,(H,26,30);2-7,11-12H,1,8-10H2,(H,26,28);1-5,9-10H,6-8H2,(H,25,27);1,5-6H,2-4H2,(H,16,17);3H,1H2,2H3;/t2*17-;;;;;/m10...../s1. The summed E-state index contributed by atoms with van der Waals surface area (Å²) in [7, 11) is 44.1. The number of nitrogens with one attached hydrogen (secondary N) is 4. The van der Waals surface area contributed by atoms with Gasteiger partial charge in [0.1, 0.15) is 12.2 Å². The number of aliphatic hydroxyl groups excluding tert-OH is 4. The third kappa shape index (κ3) is 36.8. The number of carboxylic acids is 1. The first-order chi connectivity index (χ1) is 70.2. The molecule has 0 fully saturated rings. The third-order valence-corrected chi connectivity index (χ3v) is 23.4. The molecule has 758 valence electrons. The molecule has 24 nitrogen and oxygen atoms in total. The fourth-order valence-corrected chi connectivity index (χ4v) is 15.3. The summed E-state index contributed by atoms with van der Waals surface area (Å²) in [6.07, 6.45) is -4.14. The quantitative estimate of drug-likeness (QED) is 0.0154. The van der Waals surface area contributed by atoms with Crippen molar-refractivity contribution >= 4 is 220 Å². The van der Waals surface area contributed by atoms with Gasteiger partial charge in [0.2, 0.25) is 0 Å². The van der Waals surface area contributed by atoms with Gasteiger partial charge in [0, 0.05) is 267 Å². The summed E-state index contributed by atoms with van der Waals surface area (Å²) in [4.78, 5) is 88.5. The van der Waals surface area contributed by atoms with Crippen LogP contribution in [0.2, 0.25) is 0 Å². The molecular formula is C92H85B14Br2F17N14O10. The van der Waals surface area contributed by atoms with Crippen LogP contribution < -0.4 is 45.8 Å². The van der Waals surface area contributed by atoms with E-state index in [-0.39, 0.29) is 88.9 Å². The molecule has 5 aromatic heterocycles. The van der Waals surface area contributed by atoms with Gasteiger partial charge in [0.15, 0.2) is 58.2 Å². The van der Waals surface area contributed by atoms with Crippen LogP contribution in [0.15, 0.2) is 245 Å². The van der Waals surface area contributed by atoms with Gasteiger partial charge < -0.3 is 71.3 Å². The van der Waals surface area contributed by atoms with Crippen molar-refractivity contribution in [3.05, 3.63) is 313 Å². The second-order valence-electron chi connectivity index (χ2n) is 33.2. The zero-order valence-electron chi connectivity index (χ0n) is 79.2. The molecule has 0 aliphatic carbocycles. The Morgan fingerprint density at radius 3 is 0.772 bits per heavy atom. The number of hydrogen-bond donors (Lipinski definition) is 9. The molecule has 0 saturated carbocycles. The molecule has 0 saturated heterocycles.